The molecule has 2 amide bonds. The van der Waals surface area contributed by atoms with Crippen LogP contribution in [0.25, 0.3) is 0 Å². The maximum Gasteiger partial charge on any atom is 0.239 e. The molecule has 144 valence electrons. The number of likely N-dealkylation sites (tertiary alicyclic amines) is 1. The highest BCUT2D eigenvalue weighted by atomic mass is 35.5. The number of hydrogen-bond acceptors (Lipinski definition) is 3. The third-order valence-electron chi connectivity index (χ3n) is 5.16. The van der Waals surface area contributed by atoms with Gasteiger partial charge in [-0.1, -0.05) is 23.2 Å². The Kier molecular flexibility index (Phi) is 7.19. The second-order valence-corrected chi connectivity index (χ2v) is 7.70. The quantitative estimate of drug-likeness (QED) is 0.761. The van der Waals surface area contributed by atoms with E-state index in [1.807, 2.05) is 11.8 Å². The molecule has 3 atom stereocenters. The SMILES string of the molecule is CC(N)C1CCCCN1C(=O)C1CCN(c2ccc(Cl)c(Cl)c2)C1=O.Cl. The number of anilines is 1. The smallest absolute Gasteiger partial charge is 0.239 e. The first-order valence-corrected chi connectivity index (χ1v) is 9.48. The van der Waals surface area contributed by atoms with Crippen LogP contribution >= 0.6 is 35.6 Å². The van der Waals surface area contributed by atoms with Gasteiger partial charge in [-0.15, -0.1) is 12.4 Å². The summed E-state index contributed by atoms with van der Waals surface area (Å²) in [6.07, 6.45) is 3.46. The summed E-state index contributed by atoms with van der Waals surface area (Å²) in [7, 11) is 0. The molecule has 3 rings (SSSR count). The van der Waals surface area contributed by atoms with Gasteiger partial charge in [-0.2, -0.15) is 0 Å². The van der Waals surface area contributed by atoms with Crippen molar-refractivity contribution >= 4 is 53.1 Å². The maximum atomic E-state index is 13.0. The molecular formula is C18H24Cl3N3O2. The number of amides is 2. The summed E-state index contributed by atoms with van der Waals surface area (Å²) in [5.74, 6) is -0.888. The average Bonchev–Trinajstić information content (AvgIpc) is 2.98. The van der Waals surface area contributed by atoms with E-state index in [4.69, 9.17) is 28.9 Å². The van der Waals surface area contributed by atoms with Crippen LogP contribution in [-0.2, 0) is 9.59 Å². The molecule has 0 saturated carbocycles. The minimum Gasteiger partial charge on any atom is -0.337 e. The largest absolute Gasteiger partial charge is 0.337 e. The summed E-state index contributed by atoms with van der Waals surface area (Å²) in [4.78, 5) is 29.3. The number of hydrogen-bond donors (Lipinski definition) is 1. The van der Waals surface area contributed by atoms with Crippen LogP contribution in [0.4, 0.5) is 5.69 Å². The molecule has 2 saturated heterocycles. The zero-order chi connectivity index (χ0) is 18.1. The van der Waals surface area contributed by atoms with Crippen molar-refractivity contribution < 1.29 is 9.59 Å². The second kappa shape index (κ2) is 8.79. The Morgan fingerprint density at radius 2 is 1.92 bits per heavy atom. The van der Waals surface area contributed by atoms with Crippen molar-refractivity contribution in [2.75, 3.05) is 18.0 Å². The number of piperidine rings is 1. The molecular weight excluding hydrogens is 397 g/mol. The van der Waals surface area contributed by atoms with Crippen molar-refractivity contribution in [1.29, 1.82) is 0 Å². The molecule has 0 spiro atoms. The number of benzene rings is 1. The highest BCUT2D eigenvalue weighted by molar-refractivity contribution is 6.42. The standard InChI is InChI=1S/C18H23Cl2N3O2.ClH/c1-11(21)16-4-2-3-8-23(16)18(25)13-7-9-22(17(13)24)12-5-6-14(19)15(20)10-12;/h5-6,10-11,13,16H,2-4,7-9,21H2,1H3;1H. The third-order valence-corrected chi connectivity index (χ3v) is 5.90. The van der Waals surface area contributed by atoms with E-state index in [2.05, 4.69) is 0 Å². The topological polar surface area (TPSA) is 66.6 Å². The first kappa shape index (κ1) is 21.3. The lowest BCUT2D eigenvalue weighted by atomic mass is 9.94. The van der Waals surface area contributed by atoms with Crippen molar-refractivity contribution in [2.24, 2.45) is 11.7 Å². The molecule has 2 heterocycles. The Hall–Kier alpha value is -1.01. The zero-order valence-electron chi connectivity index (χ0n) is 14.7. The lowest BCUT2D eigenvalue weighted by Gasteiger charge is -2.39. The number of nitrogens with zero attached hydrogens (tertiary/aromatic N) is 2. The number of halogens is 3. The minimum absolute atomic E-state index is 0. The van der Waals surface area contributed by atoms with Crippen LogP contribution in [0.3, 0.4) is 0 Å². The monoisotopic (exact) mass is 419 g/mol. The summed E-state index contributed by atoms with van der Waals surface area (Å²) < 4.78 is 0. The Bertz CT molecular complexity index is 684. The zero-order valence-corrected chi connectivity index (χ0v) is 17.0. The predicted molar refractivity (Wildman–Crippen MR) is 107 cm³/mol. The molecule has 8 heteroatoms. The molecule has 0 aliphatic carbocycles. The van der Waals surface area contributed by atoms with E-state index < -0.39 is 5.92 Å². The fourth-order valence-electron chi connectivity index (χ4n) is 3.80. The molecule has 1 aromatic carbocycles. The lowest BCUT2D eigenvalue weighted by Crippen LogP contribution is -2.54. The highest BCUT2D eigenvalue weighted by Crippen LogP contribution is 2.32. The lowest BCUT2D eigenvalue weighted by molar-refractivity contribution is -0.143. The molecule has 0 bridgehead atoms. The average molecular weight is 421 g/mol. The number of rotatable bonds is 3. The van der Waals surface area contributed by atoms with Gasteiger partial charge in [0.2, 0.25) is 11.8 Å². The van der Waals surface area contributed by atoms with Crippen LogP contribution in [0.5, 0.6) is 0 Å². The van der Waals surface area contributed by atoms with E-state index in [0.29, 0.717) is 35.2 Å². The predicted octanol–water partition coefficient (Wildman–Crippen LogP) is 3.50. The van der Waals surface area contributed by atoms with Crippen molar-refractivity contribution in [3.05, 3.63) is 28.2 Å². The normalized spacial score (nSPS) is 24.4. The van der Waals surface area contributed by atoms with Crippen LogP contribution in [0, 0.1) is 5.92 Å². The van der Waals surface area contributed by atoms with E-state index in [9.17, 15) is 9.59 Å². The molecule has 5 nitrogen and oxygen atoms in total. The van der Waals surface area contributed by atoms with Crippen LogP contribution < -0.4 is 10.6 Å². The Labute approximate surface area is 170 Å². The van der Waals surface area contributed by atoms with Crippen molar-refractivity contribution in [1.82, 2.24) is 4.90 Å². The molecule has 2 N–H and O–H groups in total. The van der Waals surface area contributed by atoms with Gasteiger partial charge in [0.05, 0.1) is 10.0 Å². The molecule has 2 aliphatic heterocycles. The second-order valence-electron chi connectivity index (χ2n) is 6.88. The number of carbonyl (C=O) groups excluding carboxylic acids is 2. The van der Waals surface area contributed by atoms with Gasteiger partial charge in [0.1, 0.15) is 5.92 Å². The van der Waals surface area contributed by atoms with Gasteiger partial charge in [-0.3, -0.25) is 9.59 Å². The van der Waals surface area contributed by atoms with E-state index in [1.54, 1.807) is 23.1 Å². The van der Waals surface area contributed by atoms with Crippen LogP contribution in [0.15, 0.2) is 18.2 Å². The maximum absolute atomic E-state index is 13.0. The first-order valence-electron chi connectivity index (χ1n) is 8.72. The summed E-state index contributed by atoms with van der Waals surface area (Å²) in [6.45, 7) is 3.11. The van der Waals surface area contributed by atoms with Gasteiger partial charge in [-0.25, -0.2) is 0 Å². The van der Waals surface area contributed by atoms with Gasteiger partial charge in [0, 0.05) is 30.9 Å². The van der Waals surface area contributed by atoms with Gasteiger partial charge in [0.15, 0.2) is 0 Å². The molecule has 3 unspecified atom stereocenters. The molecule has 2 aliphatic rings. The molecule has 0 aromatic heterocycles. The van der Waals surface area contributed by atoms with Crippen molar-refractivity contribution in [3.63, 3.8) is 0 Å². The van der Waals surface area contributed by atoms with Crippen LogP contribution in [0.2, 0.25) is 10.0 Å². The summed E-state index contributed by atoms with van der Waals surface area (Å²) in [5.41, 5.74) is 6.74. The van der Waals surface area contributed by atoms with E-state index >= 15 is 0 Å². The summed E-state index contributed by atoms with van der Waals surface area (Å²) >= 11 is 12.0. The van der Waals surface area contributed by atoms with Gasteiger partial charge in [0.25, 0.3) is 0 Å². The van der Waals surface area contributed by atoms with E-state index in [1.165, 1.54) is 0 Å². The van der Waals surface area contributed by atoms with E-state index in [-0.39, 0.29) is 36.3 Å². The van der Waals surface area contributed by atoms with Crippen molar-refractivity contribution in [2.45, 2.75) is 44.7 Å². The third kappa shape index (κ3) is 4.11. The molecule has 0 radical (unpaired) electrons. The van der Waals surface area contributed by atoms with E-state index in [0.717, 1.165) is 19.3 Å². The molecule has 2 fully saturated rings. The minimum atomic E-state index is -0.631. The number of carbonyl (C=O) groups is 2. The van der Waals surface area contributed by atoms with Gasteiger partial charge < -0.3 is 15.5 Å². The Morgan fingerprint density at radius 3 is 2.58 bits per heavy atom. The first-order chi connectivity index (χ1) is 11.9. The Morgan fingerprint density at radius 1 is 1.19 bits per heavy atom. The van der Waals surface area contributed by atoms with Crippen molar-refractivity contribution in [3.8, 4) is 0 Å². The summed E-state index contributed by atoms with van der Waals surface area (Å²) in [5, 5.41) is 0.840. The Balaban J connectivity index is 0.00000243. The van der Waals surface area contributed by atoms with Gasteiger partial charge in [-0.05, 0) is 50.8 Å². The fraction of sp³-hybridized carbons (Fsp3) is 0.556. The fourth-order valence-corrected chi connectivity index (χ4v) is 4.09. The highest BCUT2D eigenvalue weighted by Gasteiger charge is 2.42. The van der Waals surface area contributed by atoms with Gasteiger partial charge >= 0.3 is 0 Å². The number of nitrogens with two attached hydrogens (primary N) is 1. The molecule has 26 heavy (non-hydrogen) atoms. The van der Waals surface area contributed by atoms with Crippen LogP contribution in [-0.4, -0.2) is 41.9 Å². The van der Waals surface area contributed by atoms with Crippen LogP contribution in [0.1, 0.15) is 32.6 Å². The summed E-state index contributed by atoms with van der Waals surface area (Å²) in [6, 6.07) is 5.02. The molecule has 1 aromatic rings.